The highest BCUT2D eigenvalue weighted by Gasteiger charge is 2.42. The molecule has 0 aliphatic carbocycles. The van der Waals surface area contributed by atoms with Gasteiger partial charge in [-0.15, -0.1) is 0 Å². The number of hydrogen-bond acceptors (Lipinski definition) is 5. The summed E-state index contributed by atoms with van der Waals surface area (Å²) in [7, 11) is -2.64. The minimum absolute atomic E-state index is 0.0502. The van der Waals surface area contributed by atoms with E-state index < -0.39 is 68.8 Å². The van der Waals surface area contributed by atoms with Gasteiger partial charge in [0, 0.05) is 35.4 Å². The lowest BCUT2D eigenvalue weighted by Gasteiger charge is -2.24. The van der Waals surface area contributed by atoms with Crippen molar-refractivity contribution >= 4 is 53.8 Å². The third-order valence-electron chi connectivity index (χ3n) is 6.26. The molecule has 8 nitrogen and oxygen atoms in total. The van der Waals surface area contributed by atoms with E-state index in [2.05, 4.69) is 5.32 Å². The number of carbonyl (C=O) groups is 3. The molecule has 1 aliphatic heterocycles. The Kier molecular flexibility index (Phi) is 8.27. The largest absolute Gasteiger partial charge is 0.454 e. The highest BCUT2D eigenvalue weighted by molar-refractivity contribution is 7.54. The van der Waals surface area contributed by atoms with E-state index in [0.717, 1.165) is 33.9 Å². The Labute approximate surface area is 223 Å². The lowest BCUT2D eigenvalue weighted by molar-refractivity contribution is -0.139. The minimum Gasteiger partial charge on any atom is -0.350 e. The Bertz CT molecular complexity index is 1450. The van der Waals surface area contributed by atoms with Crippen LogP contribution in [0.25, 0.3) is 10.9 Å². The monoisotopic (exact) mass is 591 g/mol. The molecule has 0 bridgehead atoms. The Morgan fingerprint density at radius 1 is 1.15 bits per heavy atom. The second-order valence-corrected chi connectivity index (χ2v) is 10.3. The number of carbonyl (C=O) groups excluding carboxylic acids is 3. The number of aromatic nitrogens is 1. The zero-order valence-corrected chi connectivity index (χ0v) is 21.4. The SMILES string of the molecule is O=C(NCc1cccc(Cl)c1F)C1C[C@@H](F)CN1C(=O)Cn1cc(C(=O)C(F)(F)F)c2ccc(P(O)O)cc21. The molecule has 2 heterocycles. The van der Waals surface area contributed by atoms with Crippen LogP contribution in [-0.4, -0.2) is 61.8 Å². The van der Waals surface area contributed by atoms with Crippen LogP contribution in [0.5, 0.6) is 0 Å². The van der Waals surface area contributed by atoms with Gasteiger partial charge in [-0.05, 0) is 18.2 Å². The smallest absolute Gasteiger partial charge is 0.350 e. The summed E-state index contributed by atoms with van der Waals surface area (Å²) in [5.74, 6) is -4.54. The summed E-state index contributed by atoms with van der Waals surface area (Å²) in [6.07, 6.45) is -6.34. The zero-order valence-electron chi connectivity index (χ0n) is 19.8. The second kappa shape index (κ2) is 11.2. The number of amides is 2. The molecule has 1 fully saturated rings. The summed E-state index contributed by atoms with van der Waals surface area (Å²) in [5, 5.41) is 2.04. The van der Waals surface area contributed by atoms with Crippen LogP contribution in [0.3, 0.4) is 0 Å². The standard InChI is InChI=1S/C24H20ClF5N3O5P/c25-17-3-1-2-12(21(17)27)8-31-23(36)19-6-13(26)9-33(19)20(34)11-32-10-16(22(35)24(28,29)30)15-5-4-14(39(37)38)7-18(15)32/h1-5,7,10,13,19,37-38H,6,8-9,11H2,(H,31,36)/t13-,19?/m1/s1. The fourth-order valence-corrected chi connectivity index (χ4v) is 5.04. The molecule has 2 atom stereocenters. The van der Waals surface area contributed by atoms with E-state index in [9.17, 15) is 46.1 Å². The average molecular weight is 592 g/mol. The number of fused-ring (bicyclic) bond motifs is 1. The first-order chi connectivity index (χ1) is 18.3. The van der Waals surface area contributed by atoms with E-state index >= 15 is 0 Å². The summed E-state index contributed by atoms with van der Waals surface area (Å²) >= 11 is 5.73. The molecule has 208 valence electrons. The Morgan fingerprint density at radius 2 is 1.87 bits per heavy atom. The Balaban J connectivity index is 1.59. The molecule has 0 spiro atoms. The quantitative estimate of drug-likeness (QED) is 0.222. The molecule has 2 amide bonds. The van der Waals surface area contributed by atoms with Crippen molar-refractivity contribution in [2.75, 3.05) is 6.54 Å². The van der Waals surface area contributed by atoms with E-state index in [-0.39, 0.29) is 39.8 Å². The van der Waals surface area contributed by atoms with Crippen molar-refractivity contribution in [3.63, 3.8) is 0 Å². The molecule has 2 aromatic carbocycles. The summed E-state index contributed by atoms with van der Waals surface area (Å²) in [6, 6.07) is 6.26. The van der Waals surface area contributed by atoms with Crippen molar-refractivity contribution in [2.45, 2.75) is 37.9 Å². The molecule has 1 aliphatic rings. The number of benzene rings is 2. The molecule has 4 rings (SSSR count). The van der Waals surface area contributed by atoms with Crippen LogP contribution in [0.4, 0.5) is 22.0 Å². The molecule has 39 heavy (non-hydrogen) atoms. The van der Waals surface area contributed by atoms with Crippen LogP contribution in [-0.2, 0) is 22.7 Å². The van der Waals surface area contributed by atoms with Crippen molar-refractivity contribution in [2.24, 2.45) is 0 Å². The van der Waals surface area contributed by atoms with Crippen molar-refractivity contribution in [3.05, 3.63) is 64.6 Å². The predicted octanol–water partition coefficient (Wildman–Crippen LogP) is 3.36. The highest BCUT2D eigenvalue weighted by atomic mass is 35.5. The second-order valence-electron chi connectivity index (χ2n) is 8.81. The number of halogens is 6. The van der Waals surface area contributed by atoms with Gasteiger partial charge in [0.1, 0.15) is 24.6 Å². The number of alkyl halides is 4. The van der Waals surface area contributed by atoms with Gasteiger partial charge < -0.3 is 24.6 Å². The van der Waals surface area contributed by atoms with Gasteiger partial charge in [-0.2, -0.15) is 13.2 Å². The number of likely N-dealkylation sites (tertiary alicyclic amines) is 1. The topological polar surface area (TPSA) is 112 Å². The number of nitrogens with one attached hydrogen (secondary N) is 1. The maximum Gasteiger partial charge on any atom is 0.454 e. The lowest BCUT2D eigenvalue weighted by atomic mass is 10.1. The van der Waals surface area contributed by atoms with Crippen LogP contribution < -0.4 is 10.6 Å². The number of hydrogen-bond donors (Lipinski definition) is 3. The Morgan fingerprint density at radius 3 is 2.54 bits per heavy atom. The third kappa shape index (κ3) is 6.06. The molecule has 1 aromatic heterocycles. The molecule has 0 saturated carbocycles. The highest BCUT2D eigenvalue weighted by Crippen LogP contribution is 2.31. The first kappa shape index (κ1) is 28.9. The molecule has 15 heteroatoms. The van der Waals surface area contributed by atoms with E-state index in [1.165, 1.54) is 18.2 Å². The van der Waals surface area contributed by atoms with Gasteiger partial charge in [0.05, 0.1) is 22.6 Å². The van der Waals surface area contributed by atoms with Crippen molar-refractivity contribution in [3.8, 4) is 0 Å². The van der Waals surface area contributed by atoms with Gasteiger partial charge in [-0.1, -0.05) is 29.8 Å². The molecule has 0 radical (unpaired) electrons. The van der Waals surface area contributed by atoms with E-state index in [4.69, 9.17) is 11.6 Å². The molecule has 3 N–H and O–H groups in total. The molecular weight excluding hydrogens is 572 g/mol. The average Bonchev–Trinajstić information content (AvgIpc) is 3.44. The minimum atomic E-state index is -5.22. The van der Waals surface area contributed by atoms with Crippen LogP contribution in [0.2, 0.25) is 5.02 Å². The van der Waals surface area contributed by atoms with Gasteiger partial charge >= 0.3 is 6.18 Å². The van der Waals surface area contributed by atoms with Crippen molar-refractivity contribution < 1.29 is 46.1 Å². The fraction of sp³-hybridized carbons (Fsp3) is 0.292. The normalized spacial score (nSPS) is 17.7. The van der Waals surface area contributed by atoms with E-state index in [0.29, 0.717) is 0 Å². The zero-order chi connectivity index (χ0) is 28.6. The molecule has 1 saturated heterocycles. The first-order valence-electron chi connectivity index (χ1n) is 11.3. The number of rotatable bonds is 7. The van der Waals surface area contributed by atoms with Crippen LogP contribution in [0.15, 0.2) is 42.6 Å². The molecule has 3 aromatic rings. The Hall–Kier alpha value is -3.12. The van der Waals surface area contributed by atoms with Crippen LogP contribution in [0, 0.1) is 5.82 Å². The van der Waals surface area contributed by atoms with Gasteiger partial charge in [0.25, 0.3) is 5.78 Å². The van der Waals surface area contributed by atoms with E-state index in [1.54, 1.807) is 0 Å². The summed E-state index contributed by atoms with van der Waals surface area (Å²) < 4.78 is 69.0. The maximum absolute atomic E-state index is 14.3. The summed E-state index contributed by atoms with van der Waals surface area (Å²) in [5.41, 5.74) is -0.773. The third-order valence-corrected chi connectivity index (χ3v) is 7.29. The van der Waals surface area contributed by atoms with Crippen LogP contribution >= 0.6 is 20.0 Å². The van der Waals surface area contributed by atoms with E-state index in [1.807, 2.05) is 0 Å². The molecule has 1 unspecified atom stereocenters. The summed E-state index contributed by atoms with van der Waals surface area (Å²) in [6.45, 7) is -1.45. The van der Waals surface area contributed by atoms with Gasteiger partial charge in [0.2, 0.25) is 11.8 Å². The number of nitrogens with zero attached hydrogens (tertiary/aromatic N) is 2. The van der Waals surface area contributed by atoms with Crippen molar-refractivity contribution in [1.29, 1.82) is 0 Å². The van der Waals surface area contributed by atoms with Gasteiger partial charge in [-0.25, -0.2) is 8.78 Å². The first-order valence-corrected chi connectivity index (χ1v) is 13.0. The molecular formula is C24H20ClF5N3O5P. The maximum atomic E-state index is 14.3. The number of ketones is 1. The van der Waals surface area contributed by atoms with Gasteiger partial charge in [0.15, 0.2) is 8.38 Å². The number of Topliss-reactive ketones (excluding diaryl/α,β-unsaturated/α-hetero) is 1. The van der Waals surface area contributed by atoms with Crippen molar-refractivity contribution in [1.82, 2.24) is 14.8 Å². The predicted molar refractivity (Wildman–Crippen MR) is 132 cm³/mol. The van der Waals surface area contributed by atoms with Gasteiger partial charge in [-0.3, -0.25) is 14.4 Å². The lowest BCUT2D eigenvalue weighted by Crippen LogP contribution is -2.46. The summed E-state index contributed by atoms with van der Waals surface area (Å²) in [4.78, 5) is 58.0. The van der Waals surface area contributed by atoms with Crippen LogP contribution in [0.1, 0.15) is 22.3 Å². The fourth-order valence-electron chi connectivity index (χ4n) is 4.40.